The number of nitrogens with zero attached hydrogens (tertiary/aromatic N) is 4. The number of likely N-dealkylation sites (N-methyl/N-ethyl adjacent to an activating group) is 1. The first kappa shape index (κ1) is 23.2. The fourth-order valence-corrected chi connectivity index (χ4v) is 2.94. The SMILES string of the molecule is CNC(=O)CN1CCN(CC=O)CCN(CC=O)CCN(CC(=O)O)CC1. The molecule has 27 heavy (non-hydrogen) atoms. The Balaban J connectivity index is 2.84. The first-order chi connectivity index (χ1) is 13.0. The van der Waals surface area contributed by atoms with Crippen LogP contribution in [0.5, 0.6) is 0 Å². The molecular formula is C17H31N5O5. The second-order valence-corrected chi connectivity index (χ2v) is 6.55. The van der Waals surface area contributed by atoms with Gasteiger partial charge in [-0.2, -0.15) is 0 Å². The molecule has 1 aliphatic rings. The summed E-state index contributed by atoms with van der Waals surface area (Å²) in [6, 6.07) is 0. The molecule has 0 aromatic carbocycles. The van der Waals surface area contributed by atoms with Crippen molar-refractivity contribution in [3.05, 3.63) is 0 Å². The van der Waals surface area contributed by atoms with Gasteiger partial charge in [-0.15, -0.1) is 0 Å². The van der Waals surface area contributed by atoms with Crippen LogP contribution in [0.1, 0.15) is 0 Å². The van der Waals surface area contributed by atoms with Gasteiger partial charge in [-0.1, -0.05) is 0 Å². The Hall–Kier alpha value is -1.88. The van der Waals surface area contributed by atoms with Crippen LogP contribution in [-0.2, 0) is 19.2 Å². The summed E-state index contributed by atoms with van der Waals surface area (Å²) in [6.45, 7) is 5.30. The molecule has 1 heterocycles. The Morgan fingerprint density at radius 3 is 1.48 bits per heavy atom. The summed E-state index contributed by atoms with van der Waals surface area (Å²) in [6.07, 6.45) is 1.69. The molecule has 1 saturated heterocycles. The maximum Gasteiger partial charge on any atom is 0.317 e. The minimum atomic E-state index is -0.904. The van der Waals surface area contributed by atoms with E-state index < -0.39 is 5.97 Å². The van der Waals surface area contributed by atoms with E-state index >= 15 is 0 Å². The number of amides is 1. The monoisotopic (exact) mass is 385 g/mol. The molecule has 0 saturated carbocycles. The lowest BCUT2D eigenvalue weighted by Crippen LogP contribution is -2.48. The Kier molecular flexibility index (Phi) is 11.4. The molecule has 0 aromatic heterocycles. The molecule has 0 radical (unpaired) electrons. The van der Waals surface area contributed by atoms with Crippen molar-refractivity contribution in [2.24, 2.45) is 0 Å². The van der Waals surface area contributed by atoms with Crippen molar-refractivity contribution in [3.63, 3.8) is 0 Å². The molecule has 0 spiro atoms. The van der Waals surface area contributed by atoms with Gasteiger partial charge in [-0.3, -0.25) is 29.2 Å². The Morgan fingerprint density at radius 2 is 1.15 bits per heavy atom. The summed E-state index contributed by atoms with van der Waals surface area (Å²) in [5, 5.41) is 11.7. The number of carboxylic acids is 1. The summed E-state index contributed by atoms with van der Waals surface area (Å²) in [7, 11) is 1.58. The molecule has 1 aliphatic heterocycles. The molecule has 0 unspecified atom stereocenters. The van der Waals surface area contributed by atoms with Crippen molar-refractivity contribution < 1.29 is 24.3 Å². The maximum absolute atomic E-state index is 11.8. The highest BCUT2D eigenvalue weighted by molar-refractivity contribution is 5.77. The van der Waals surface area contributed by atoms with Gasteiger partial charge in [0.2, 0.25) is 5.91 Å². The summed E-state index contributed by atoms with van der Waals surface area (Å²) in [5.74, 6) is -1.01. The number of carboxylic acid groups (broad SMARTS) is 1. The van der Waals surface area contributed by atoms with E-state index in [0.717, 1.165) is 12.6 Å². The predicted molar refractivity (Wildman–Crippen MR) is 99.6 cm³/mol. The molecule has 1 rings (SSSR count). The largest absolute Gasteiger partial charge is 0.480 e. The lowest BCUT2D eigenvalue weighted by Gasteiger charge is -2.32. The molecule has 2 N–H and O–H groups in total. The van der Waals surface area contributed by atoms with E-state index in [1.165, 1.54) is 0 Å². The van der Waals surface area contributed by atoms with Crippen LogP contribution in [-0.4, -0.2) is 135 Å². The number of nitrogens with one attached hydrogen (secondary N) is 1. The molecule has 1 fully saturated rings. The van der Waals surface area contributed by atoms with Gasteiger partial charge >= 0.3 is 5.97 Å². The van der Waals surface area contributed by atoms with Gasteiger partial charge in [0.15, 0.2) is 0 Å². The molecule has 154 valence electrons. The van der Waals surface area contributed by atoms with Crippen molar-refractivity contribution in [1.29, 1.82) is 0 Å². The van der Waals surface area contributed by atoms with Crippen LogP contribution >= 0.6 is 0 Å². The van der Waals surface area contributed by atoms with Crippen LogP contribution in [0.4, 0.5) is 0 Å². The van der Waals surface area contributed by atoms with Crippen LogP contribution < -0.4 is 5.32 Å². The molecule has 1 amide bonds. The Morgan fingerprint density at radius 1 is 0.778 bits per heavy atom. The zero-order valence-electron chi connectivity index (χ0n) is 16.0. The van der Waals surface area contributed by atoms with E-state index in [1.54, 1.807) is 7.05 Å². The fraction of sp³-hybridized carbons (Fsp3) is 0.765. The van der Waals surface area contributed by atoms with E-state index in [0.29, 0.717) is 58.9 Å². The van der Waals surface area contributed by atoms with Gasteiger partial charge in [0.05, 0.1) is 26.2 Å². The van der Waals surface area contributed by atoms with Crippen molar-refractivity contribution in [1.82, 2.24) is 24.9 Å². The summed E-state index contributed by atoms with van der Waals surface area (Å²) in [4.78, 5) is 52.5. The average molecular weight is 385 g/mol. The minimum Gasteiger partial charge on any atom is -0.480 e. The standard InChI is InChI=1S/C17H31N5O5/c1-18-16(25)14-21-6-4-19(10-12-23)2-3-20(11-13-24)5-7-22(9-8-21)15-17(26)27/h12-13H,2-11,14-15H2,1H3,(H,18,25)(H,26,27). The first-order valence-electron chi connectivity index (χ1n) is 9.17. The molecule has 0 bridgehead atoms. The number of carbonyl (C=O) groups is 4. The highest BCUT2D eigenvalue weighted by Gasteiger charge is 2.18. The molecule has 10 heteroatoms. The van der Waals surface area contributed by atoms with Crippen LogP contribution in [0.15, 0.2) is 0 Å². The summed E-state index contributed by atoms with van der Waals surface area (Å²) >= 11 is 0. The third-order valence-electron chi connectivity index (χ3n) is 4.60. The van der Waals surface area contributed by atoms with E-state index in [-0.39, 0.29) is 25.5 Å². The number of hydrogen-bond donors (Lipinski definition) is 2. The van der Waals surface area contributed by atoms with Gasteiger partial charge in [0.1, 0.15) is 12.6 Å². The topological polar surface area (TPSA) is 114 Å². The first-order valence-corrected chi connectivity index (χ1v) is 9.17. The lowest BCUT2D eigenvalue weighted by molar-refractivity contribution is -0.138. The highest BCUT2D eigenvalue weighted by Crippen LogP contribution is 2.00. The number of rotatable bonds is 8. The second kappa shape index (κ2) is 13.3. The third-order valence-corrected chi connectivity index (χ3v) is 4.60. The number of carbonyl (C=O) groups excluding carboxylic acids is 3. The van der Waals surface area contributed by atoms with Crippen molar-refractivity contribution in [2.45, 2.75) is 0 Å². The van der Waals surface area contributed by atoms with Crippen LogP contribution in [0.25, 0.3) is 0 Å². The summed E-state index contributed by atoms with van der Waals surface area (Å²) < 4.78 is 0. The zero-order chi connectivity index (χ0) is 20.1. The smallest absolute Gasteiger partial charge is 0.317 e. The molecule has 10 nitrogen and oxygen atoms in total. The highest BCUT2D eigenvalue weighted by atomic mass is 16.4. The quantitative estimate of drug-likeness (QED) is 0.436. The van der Waals surface area contributed by atoms with Crippen LogP contribution in [0.3, 0.4) is 0 Å². The van der Waals surface area contributed by atoms with E-state index in [9.17, 15) is 19.2 Å². The average Bonchev–Trinajstić information content (AvgIpc) is 2.63. The Bertz CT molecular complexity index is 490. The summed E-state index contributed by atoms with van der Waals surface area (Å²) in [5.41, 5.74) is 0. The third kappa shape index (κ3) is 10.1. The molecule has 0 aromatic rings. The van der Waals surface area contributed by atoms with E-state index in [4.69, 9.17) is 5.11 Å². The normalized spacial score (nSPS) is 19.6. The lowest BCUT2D eigenvalue weighted by atomic mass is 10.3. The van der Waals surface area contributed by atoms with Gasteiger partial charge in [0, 0.05) is 59.4 Å². The maximum atomic E-state index is 11.8. The van der Waals surface area contributed by atoms with Gasteiger partial charge in [0.25, 0.3) is 0 Å². The Labute approximate surface area is 160 Å². The zero-order valence-corrected chi connectivity index (χ0v) is 16.0. The van der Waals surface area contributed by atoms with E-state index in [1.807, 2.05) is 19.6 Å². The van der Waals surface area contributed by atoms with Crippen LogP contribution in [0, 0.1) is 0 Å². The second-order valence-electron chi connectivity index (χ2n) is 6.55. The van der Waals surface area contributed by atoms with Crippen molar-refractivity contribution in [3.8, 4) is 0 Å². The molecule has 0 atom stereocenters. The van der Waals surface area contributed by atoms with Crippen molar-refractivity contribution in [2.75, 3.05) is 85.6 Å². The van der Waals surface area contributed by atoms with E-state index in [2.05, 4.69) is 5.32 Å². The molecular weight excluding hydrogens is 354 g/mol. The van der Waals surface area contributed by atoms with Crippen LogP contribution in [0.2, 0.25) is 0 Å². The van der Waals surface area contributed by atoms with Gasteiger partial charge in [-0.05, 0) is 0 Å². The number of hydrogen-bond acceptors (Lipinski definition) is 8. The van der Waals surface area contributed by atoms with Gasteiger partial charge < -0.3 is 20.0 Å². The minimum absolute atomic E-state index is 0.0833. The molecule has 0 aliphatic carbocycles. The predicted octanol–water partition coefficient (Wildman–Crippen LogP) is -2.56. The number of aliphatic carboxylic acids is 1. The number of aldehydes is 2. The fourth-order valence-electron chi connectivity index (χ4n) is 2.94. The van der Waals surface area contributed by atoms with Gasteiger partial charge in [-0.25, -0.2) is 0 Å². The van der Waals surface area contributed by atoms with Crippen molar-refractivity contribution >= 4 is 24.4 Å².